The van der Waals surface area contributed by atoms with Crippen LogP contribution in [0.25, 0.3) is 0 Å². The second-order valence-corrected chi connectivity index (χ2v) is 4.35. The Balaban J connectivity index is 5.46. The molecule has 0 spiro atoms. The monoisotopic (exact) mass is 298 g/mol. The molecule has 0 aliphatic rings. The lowest BCUT2D eigenvalue weighted by atomic mass is 10.3. The molecule has 0 fully saturated rings. The minimum atomic E-state index is -2.62. The molecule has 0 amide bonds. The minimum Gasteiger partial charge on any atom is -0.384 e. The van der Waals surface area contributed by atoms with Crippen molar-refractivity contribution < 1.29 is 33.7 Å². The lowest BCUT2D eigenvalue weighted by Gasteiger charge is -2.29. The largest absolute Gasteiger partial charge is 0.448 e. The number of carbonyl (C=O) groups is 3. The Morgan fingerprint density at radius 3 is 1.19 bits per heavy atom. The normalized spacial score (nSPS) is 10.3. The predicted octanol–water partition coefficient (Wildman–Crippen LogP) is 0.990. The van der Waals surface area contributed by atoms with E-state index in [9.17, 15) is 19.5 Å². The van der Waals surface area contributed by atoms with Gasteiger partial charge in [-0.1, -0.05) is 19.7 Å². The number of hydrogen-bond acceptors (Lipinski definition) is 7. The number of aliphatic hydroxyl groups is 1. The van der Waals surface area contributed by atoms with E-state index >= 15 is 0 Å². The Hall–Kier alpha value is -2.41. The van der Waals surface area contributed by atoms with Gasteiger partial charge in [-0.2, -0.15) is 0 Å². The Kier molecular flexibility index (Phi) is 6.54. The van der Waals surface area contributed by atoms with Crippen molar-refractivity contribution in [3.8, 4) is 0 Å². The Morgan fingerprint density at radius 2 is 1.05 bits per heavy atom. The van der Waals surface area contributed by atoms with Crippen LogP contribution >= 0.6 is 0 Å². The van der Waals surface area contributed by atoms with Gasteiger partial charge >= 0.3 is 23.9 Å². The molecule has 21 heavy (non-hydrogen) atoms. The molecule has 0 saturated carbocycles. The van der Waals surface area contributed by atoms with Crippen LogP contribution in [0.3, 0.4) is 0 Å². The number of carbonyl (C=O) groups excluding carboxylic acids is 3. The molecule has 7 nitrogen and oxygen atoms in total. The molecule has 0 aromatic carbocycles. The van der Waals surface area contributed by atoms with Crippen LogP contribution in [0.1, 0.15) is 20.8 Å². The van der Waals surface area contributed by atoms with Crippen molar-refractivity contribution >= 4 is 17.9 Å². The van der Waals surface area contributed by atoms with E-state index in [1.165, 1.54) is 20.8 Å². The molecule has 0 aliphatic heterocycles. The number of aliphatic hydroxyl groups excluding tert-OH is 1. The average Bonchev–Trinajstić information content (AvgIpc) is 2.37. The topological polar surface area (TPSA) is 99.1 Å². The van der Waals surface area contributed by atoms with Crippen LogP contribution in [-0.4, -0.2) is 35.6 Å². The van der Waals surface area contributed by atoms with Crippen LogP contribution < -0.4 is 0 Å². The smallest absolute Gasteiger partial charge is 0.384 e. The highest BCUT2D eigenvalue weighted by Gasteiger charge is 2.43. The molecule has 0 aromatic heterocycles. The molecule has 0 bridgehead atoms. The number of esters is 3. The molecule has 116 valence electrons. The molecular weight excluding hydrogens is 280 g/mol. The van der Waals surface area contributed by atoms with Crippen LogP contribution in [-0.2, 0) is 28.6 Å². The lowest BCUT2D eigenvalue weighted by Crippen LogP contribution is -2.48. The van der Waals surface area contributed by atoms with Crippen LogP contribution in [0.4, 0.5) is 0 Å². The van der Waals surface area contributed by atoms with E-state index in [1.54, 1.807) is 0 Å². The zero-order chi connectivity index (χ0) is 16.8. The quantitative estimate of drug-likeness (QED) is 0.425. The molecule has 0 atom stereocenters. The minimum absolute atomic E-state index is 0.0504. The molecule has 1 N–H and O–H groups in total. The summed E-state index contributed by atoms with van der Waals surface area (Å²) in [5.74, 6) is -5.68. The number of ether oxygens (including phenoxy) is 3. The van der Waals surface area contributed by atoms with E-state index in [1.807, 2.05) is 0 Å². The maximum absolute atomic E-state index is 11.6. The standard InChI is InChI=1S/C14H18O7/c1-8(2)11(16)19-14(7-15,20-12(17)9(3)4)21-13(18)10(5)6/h15H,1,3,5,7H2,2,4,6H3. The highest BCUT2D eigenvalue weighted by Crippen LogP contribution is 2.20. The fourth-order valence-corrected chi connectivity index (χ4v) is 0.844. The third-order valence-corrected chi connectivity index (χ3v) is 1.98. The van der Waals surface area contributed by atoms with Gasteiger partial charge < -0.3 is 19.3 Å². The fourth-order valence-electron chi connectivity index (χ4n) is 0.844. The van der Waals surface area contributed by atoms with Gasteiger partial charge in [0, 0.05) is 16.7 Å². The molecule has 7 heteroatoms. The summed E-state index contributed by atoms with van der Waals surface area (Å²) in [6, 6.07) is 0. The molecule has 0 aliphatic carbocycles. The second kappa shape index (κ2) is 7.39. The zero-order valence-electron chi connectivity index (χ0n) is 12.2. The van der Waals surface area contributed by atoms with E-state index in [4.69, 9.17) is 14.2 Å². The van der Waals surface area contributed by atoms with E-state index in [0.29, 0.717) is 0 Å². The fraction of sp³-hybridized carbons (Fsp3) is 0.357. The third-order valence-electron chi connectivity index (χ3n) is 1.98. The summed E-state index contributed by atoms with van der Waals surface area (Å²) in [4.78, 5) is 34.7. The zero-order valence-corrected chi connectivity index (χ0v) is 12.2. The van der Waals surface area contributed by atoms with Gasteiger partial charge in [-0.15, -0.1) is 0 Å². The molecule has 0 aromatic rings. The van der Waals surface area contributed by atoms with E-state index in [2.05, 4.69) is 19.7 Å². The summed E-state index contributed by atoms with van der Waals surface area (Å²) >= 11 is 0. The van der Waals surface area contributed by atoms with Gasteiger partial charge in [0.25, 0.3) is 0 Å². The third kappa shape index (κ3) is 5.62. The highest BCUT2D eigenvalue weighted by molar-refractivity contribution is 5.90. The van der Waals surface area contributed by atoms with Crippen molar-refractivity contribution in [1.29, 1.82) is 0 Å². The molecule has 0 unspecified atom stereocenters. The molecule has 0 saturated heterocycles. The maximum atomic E-state index is 11.6. The van der Waals surface area contributed by atoms with Crippen molar-refractivity contribution in [3.63, 3.8) is 0 Å². The van der Waals surface area contributed by atoms with Gasteiger partial charge in [-0.3, -0.25) is 0 Å². The first-order valence-corrected chi connectivity index (χ1v) is 5.82. The van der Waals surface area contributed by atoms with Crippen molar-refractivity contribution in [1.82, 2.24) is 0 Å². The summed E-state index contributed by atoms with van der Waals surface area (Å²) < 4.78 is 14.2. The van der Waals surface area contributed by atoms with Crippen molar-refractivity contribution in [2.45, 2.75) is 26.7 Å². The summed E-state index contributed by atoms with van der Waals surface area (Å²) in [6.45, 7) is 12.9. The first-order valence-electron chi connectivity index (χ1n) is 5.82. The first-order chi connectivity index (χ1) is 9.54. The van der Waals surface area contributed by atoms with Crippen molar-refractivity contribution in [2.75, 3.05) is 6.61 Å². The van der Waals surface area contributed by atoms with Gasteiger partial charge in [0.05, 0.1) is 0 Å². The molecule has 0 heterocycles. The summed E-state index contributed by atoms with van der Waals surface area (Å²) in [5, 5.41) is 9.35. The average molecular weight is 298 g/mol. The summed E-state index contributed by atoms with van der Waals surface area (Å²) in [7, 11) is 0. The van der Waals surface area contributed by atoms with Gasteiger partial charge in [0.1, 0.15) is 0 Å². The Bertz CT molecular complexity index is 432. The molecule has 0 radical (unpaired) electrons. The van der Waals surface area contributed by atoms with Gasteiger partial charge in [0.2, 0.25) is 0 Å². The van der Waals surface area contributed by atoms with Crippen LogP contribution in [0.5, 0.6) is 0 Å². The Labute approximate surface area is 122 Å². The SMILES string of the molecule is C=C(C)C(=O)OC(CO)(OC(=O)C(=C)C)OC(=O)C(=C)C. The van der Waals surface area contributed by atoms with Gasteiger partial charge in [-0.05, 0) is 20.8 Å². The van der Waals surface area contributed by atoms with Gasteiger partial charge in [-0.25, -0.2) is 14.4 Å². The Morgan fingerprint density at radius 1 is 0.810 bits per heavy atom. The van der Waals surface area contributed by atoms with Crippen molar-refractivity contribution in [2.24, 2.45) is 0 Å². The lowest BCUT2D eigenvalue weighted by molar-refractivity contribution is -0.337. The second-order valence-electron chi connectivity index (χ2n) is 4.35. The molecular formula is C14H18O7. The van der Waals surface area contributed by atoms with E-state index in [-0.39, 0.29) is 16.7 Å². The van der Waals surface area contributed by atoms with Crippen LogP contribution in [0.15, 0.2) is 36.5 Å². The first kappa shape index (κ1) is 18.6. The van der Waals surface area contributed by atoms with E-state index in [0.717, 1.165) is 0 Å². The highest BCUT2D eigenvalue weighted by atomic mass is 16.9. The van der Waals surface area contributed by atoms with E-state index < -0.39 is 30.5 Å². The van der Waals surface area contributed by atoms with Crippen LogP contribution in [0.2, 0.25) is 0 Å². The van der Waals surface area contributed by atoms with Crippen LogP contribution in [0, 0.1) is 0 Å². The number of rotatable bonds is 7. The number of hydrogen-bond donors (Lipinski definition) is 1. The predicted molar refractivity (Wildman–Crippen MR) is 72.5 cm³/mol. The summed E-state index contributed by atoms with van der Waals surface area (Å²) in [5.41, 5.74) is -0.151. The summed E-state index contributed by atoms with van der Waals surface area (Å²) in [6.07, 6.45) is 0. The maximum Gasteiger partial charge on any atom is 0.448 e. The van der Waals surface area contributed by atoms with Crippen molar-refractivity contribution in [3.05, 3.63) is 36.5 Å². The molecule has 0 rings (SSSR count). The van der Waals surface area contributed by atoms with Gasteiger partial charge in [0.15, 0.2) is 6.61 Å².